The molecular weight excluding hydrogens is 302 g/mol. The molecule has 1 aromatic carbocycles. The summed E-state index contributed by atoms with van der Waals surface area (Å²) in [6.45, 7) is 1.26. The van der Waals surface area contributed by atoms with Crippen molar-refractivity contribution in [2.75, 3.05) is 20.6 Å². The maximum absolute atomic E-state index is 12.5. The summed E-state index contributed by atoms with van der Waals surface area (Å²) in [5.74, 6) is 0.244. The van der Waals surface area contributed by atoms with Gasteiger partial charge in [0.2, 0.25) is 5.91 Å². The molecule has 2 atom stereocenters. The second kappa shape index (κ2) is 6.83. The summed E-state index contributed by atoms with van der Waals surface area (Å²) in [5, 5.41) is 2.99. The number of hydrogen-bond acceptors (Lipinski definition) is 2. The number of carbonyl (C=O) groups is 2. The summed E-state index contributed by atoms with van der Waals surface area (Å²) in [5.41, 5.74) is 1.17. The average Bonchev–Trinajstić information content (AvgIpc) is 3.01. The monoisotopic (exact) mass is 329 g/mol. The lowest BCUT2D eigenvalue weighted by molar-refractivity contribution is -0.140. The molecule has 1 aliphatic carbocycles. The Morgan fingerprint density at radius 1 is 1.33 bits per heavy atom. The zero-order valence-electron chi connectivity index (χ0n) is 14.6. The first-order chi connectivity index (χ1) is 11.5. The molecule has 0 spiro atoms. The first kappa shape index (κ1) is 16.8. The predicted octanol–water partition coefficient (Wildman–Crippen LogP) is 2.62. The fourth-order valence-electron chi connectivity index (χ4n) is 4.44. The van der Waals surface area contributed by atoms with Crippen LogP contribution in [0.2, 0.25) is 0 Å². The van der Waals surface area contributed by atoms with Gasteiger partial charge in [0, 0.05) is 45.1 Å². The van der Waals surface area contributed by atoms with E-state index >= 15 is 0 Å². The van der Waals surface area contributed by atoms with Crippen LogP contribution in [-0.4, -0.2) is 48.4 Å². The fourth-order valence-corrected chi connectivity index (χ4v) is 4.44. The highest BCUT2D eigenvalue weighted by atomic mass is 16.2. The summed E-state index contributed by atoms with van der Waals surface area (Å²) in [7, 11) is 3.78. The Bertz CT molecular complexity index is 604. The Kier molecular flexibility index (Phi) is 4.78. The highest BCUT2D eigenvalue weighted by Gasteiger charge is 2.49. The van der Waals surface area contributed by atoms with E-state index in [0.717, 1.165) is 37.8 Å². The van der Waals surface area contributed by atoms with Crippen LogP contribution in [0.5, 0.6) is 0 Å². The van der Waals surface area contributed by atoms with Crippen LogP contribution in [0.25, 0.3) is 0 Å². The topological polar surface area (TPSA) is 52.7 Å². The van der Waals surface area contributed by atoms with Gasteiger partial charge in [-0.05, 0) is 24.8 Å². The highest BCUT2D eigenvalue weighted by Crippen LogP contribution is 2.47. The zero-order chi connectivity index (χ0) is 17.2. The SMILES string of the molecule is CN(CC12CCCC1N(C)C(=O)CC2)C(=O)NCc1ccccc1. The van der Waals surface area contributed by atoms with Gasteiger partial charge in [0.1, 0.15) is 0 Å². The van der Waals surface area contributed by atoms with Crippen molar-refractivity contribution in [1.29, 1.82) is 0 Å². The Balaban J connectivity index is 1.60. The van der Waals surface area contributed by atoms with Crippen molar-refractivity contribution < 1.29 is 9.59 Å². The quantitative estimate of drug-likeness (QED) is 0.923. The molecular formula is C19H27N3O2. The molecule has 2 aliphatic rings. The van der Waals surface area contributed by atoms with Crippen LogP contribution in [-0.2, 0) is 11.3 Å². The molecule has 0 bridgehead atoms. The largest absolute Gasteiger partial charge is 0.342 e. The minimum Gasteiger partial charge on any atom is -0.342 e. The maximum atomic E-state index is 12.5. The number of fused-ring (bicyclic) bond motifs is 1. The van der Waals surface area contributed by atoms with Crippen LogP contribution >= 0.6 is 0 Å². The number of rotatable bonds is 4. The maximum Gasteiger partial charge on any atom is 0.317 e. The Morgan fingerprint density at radius 3 is 2.83 bits per heavy atom. The van der Waals surface area contributed by atoms with Crippen LogP contribution in [0.4, 0.5) is 4.79 Å². The molecule has 1 heterocycles. The first-order valence-corrected chi connectivity index (χ1v) is 8.80. The minimum atomic E-state index is -0.0431. The fraction of sp³-hybridized carbons (Fsp3) is 0.579. The van der Waals surface area contributed by atoms with Crippen molar-refractivity contribution in [3.05, 3.63) is 35.9 Å². The molecule has 0 aromatic heterocycles. The van der Waals surface area contributed by atoms with Gasteiger partial charge in [-0.1, -0.05) is 36.8 Å². The number of nitrogens with zero attached hydrogens (tertiary/aromatic N) is 2. The number of likely N-dealkylation sites (tertiary alicyclic amines) is 1. The van der Waals surface area contributed by atoms with Crippen molar-refractivity contribution in [3.63, 3.8) is 0 Å². The minimum absolute atomic E-state index is 0.0431. The van der Waals surface area contributed by atoms with Crippen molar-refractivity contribution >= 4 is 11.9 Å². The van der Waals surface area contributed by atoms with Crippen molar-refractivity contribution in [3.8, 4) is 0 Å². The van der Waals surface area contributed by atoms with Gasteiger partial charge in [-0.3, -0.25) is 4.79 Å². The van der Waals surface area contributed by atoms with Gasteiger partial charge in [-0.25, -0.2) is 4.79 Å². The third-order valence-electron chi connectivity index (χ3n) is 5.74. The highest BCUT2D eigenvalue weighted by molar-refractivity contribution is 5.78. The summed E-state index contributed by atoms with van der Waals surface area (Å²) < 4.78 is 0. The second-order valence-corrected chi connectivity index (χ2v) is 7.28. The molecule has 5 nitrogen and oxygen atoms in total. The van der Waals surface area contributed by atoms with E-state index in [9.17, 15) is 9.59 Å². The van der Waals surface area contributed by atoms with E-state index in [1.54, 1.807) is 4.90 Å². The van der Waals surface area contributed by atoms with Crippen molar-refractivity contribution in [2.24, 2.45) is 5.41 Å². The van der Waals surface area contributed by atoms with Crippen LogP contribution in [0, 0.1) is 5.41 Å². The molecule has 3 amide bonds. The number of amides is 3. The molecule has 1 saturated carbocycles. The van der Waals surface area contributed by atoms with E-state index in [2.05, 4.69) is 5.32 Å². The number of carbonyl (C=O) groups excluding carboxylic acids is 2. The van der Waals surface area contributed by atoms with Crippen LogP contribution in [0.3, 0.4) is 0 Å². The Hall–Kier alpha value is -2.04. The lowest BCUT2D eigenvalue weighted by Gasteiger charge is -2.46. The molecule has 2 fully saturated rings. The Morgan fingerprint density at radius 2 is 2.08 bits per heavy atom. The zero-order valence-corrected chi connectivity index (χ0v) is 14.6. The number of hydrogen-bond donors (Lipinski definition) is 1. The summed E-state index contributed by atoms with van der Waals surface area (Å²) in [4.78, 5) is 28.2. The van der Waals surface area contributed by atoms with E-state index in [1.807, 2.05) is 49.3 Å². The lowest BCUT2D eigenvalue weighted by Crippen LogP contribution is -2.55. The second-order valence-electron chi connectivity index (χ2n) is 7.28. The van der Waals surface area contributed by atoms with Crippen molar-refractivity contribution in [1.82, 2.24) is 15.1 Å². The van der Waals surface area contributed by atoms with E-state index in [1.165, 1.54) is 0 Å². The van der Waals surface area contributed by atoms with Gasteiger partial charge in [-0.2, -0.15) is 0 Å². The van der Waals surface area contributed by atoms with Gasteiger partial charge in [-0.15, -0.1) is 0 Å². The van der Waals surface area contributed by atoms with E-state index < -0.39 is 0 Å². The molecule has 1 saturated heterocycles. The smallest absolute Gasteiger partial charge is 0.317 e. The third-order valence-corrected chi connectivity index (χ3v) is 5.74. The third kappa shape index (κ3) is 3.25. The van der Waals surface area contributed by atoms with E-state index in [4.69, 9.17) is 0 Å². The standard InChI is InChI=1S/C19H27N3O2/c1-21(18(24)20-13-15-7-4-3-5-8-15)14-19-11-6-9-16(19)22(2)17(23)10-12-19/h3-5,7-8,16H,6,9-14H2,1-2H3,(H,20,24). The normalized spacial score (nSPS) is 26.2. The summed E-state index contributed by atoms with van der Waals surface area (Å²) in [6, 6.07) is 10.2. The predicted molar refractivity (Wildman–Crippen MR) is 93.4 cm³/mol. The molecule has 1 aliphatic heterocycles. The number of piperidine rings is 1. The van der Waals surface area contributed by atoms with Crippen LogP contribution < -0.4 is 5.32 Å². The summed E-state index contributed by atoms with van der Waals surface area (Å²) >= 11 is 0. The Labute approximate surface area is 144 Å². The van der Waals surface area contributed by atoms with Gasteiger partial charge in [0.25, 0.3) is 0 Å². The van der Waals surface area contributed by atoms with Crippen molar-refractivity contribution in [2.45, 2.75) is 44.7 Å². The lowest BCUT2D eigenvalue weighted by atomic mass is 9.74. The van der Waals surface area contributed by atoms with Gasteiger partial charge < -0.3 is 15.1 Å². The molecule has 1 N–H and O–H groups in total. The molecule has 24 heavy (non-hydrogen) atoms. The number of urea groups is 1. The van der Waals surface area contributed by atoms with E-state index in [0.29, 0.717) is 13.0 Å². The molecule has 2 unspecified atom stereocenters. The summed E-state index contributed by atoms with van der Waals surface area (Å²) in [6.07, 6.45) is 4.80. The number of nitrogens with one attached hydrogen (secondary N) is 1. The first-order valence-electron chi connectivity index (χ1n) is 8.80. The molecule has 0 radical (unpaired) electrons. The van der Waals surface area contributed by atoms with Gasteiger partial charge in [0.05, 0.1) is 0 Å². The molecule has 5 heteroatoms. The van der Waals surface area contributed by atoms with Crippen LogP contribution in [0.1, 0.15) is 37.7 Å². The van der Waals surface area contributed by atoms with E-state index in [-0.39, 0.29) is 23.4 Å². The molecule has 3 rings (SSSR count). The average molecular weight is 329 g/mol. The molecule has 130 valence electrons. The van der Waals surface area contributed by atoms with Gasteiger partial charge >= 0.3 is 6.03 Å². The molecule has 1 aromatic rings. The number of benzene rings is 1. The van der Waals surface area contributed by atoms with Gasteiger partial charge in [0.15, 0.2) is 0 Å². The van der Waals surface area contributed by atoms with Crippen LogP contribution in [0.15, 0.2) is 30.3 Å².